The number of hydrogen-bond acceptors (Lipinski definition) is 5. The average Bonchev–Trinajstić information content (AvgIpc) is 2.77. The first-order valence-electron chi connectivity index (χ1n) is 10.5. The van der Waals surface area contributed by atoms with Gasteiger partial charge in [0.25, 0.3) is 0 Å². The summed E-state index contributed by atoms with van der Waals surface area (Å²) in [6.45, 7) is 2.15. The highest BCUT2D eigenvalue weighted by Gasteiger charge is 2.35. The molecule has 3 aromatic rings. The number of halogens is 3. The van der Waals surface area contributed by atoms with Gasteiger partial charge in [-0.25, -0.2) is 4.98 Å². The van der Waals surface area contributed by atoms with E-state index in [1.165, 1.54) is 6.42 Å². The molecule has 5 nitrogen and oxygen atoms in total. The monoisotopic (exact) mass is 439 g/mol. The molecule has 1 aromatic heterocycles. The lowest BCUT2D eigenvalue weighted by Crippen LogP contribution is -2.12. The van der Waals surface area contributed by atoms with Crippen molar-refractivity contribution in [1.82, 2.24) is 9.97 Å². The lowest BCUT2D eigenvalue weighted by atomic mass is 10.1. The van der Waals surface area contributed by atoms with Crippen molar-refractivity contribution in [2.45, 2.75) is 45.2 Å². The maximum Gasteiger partial charge on any atom is 0.421 e. The normalized spacial score (nSPS) is 11.1. The second-order valence-corrected chi connectivity index (χ2v) is 7.40. The zero-order chi connectivity index (χ0) is 23.0. The van der Waals surface area contributed by atoms with Crippen molar-refractivity contribution in [1.29, 1.82) is 5.26 Å². The van der Waals surface area contributed by atoms with E-state index in [9.17, 15) is 13.2 Å². The average molecular weight is 439 g/mol. The van der Waals surface area contributed by atoms with E-state index in [0.29, 0.717) is 16.9 Å². The van der Waals surface area contributed by atoms with Crippen LogP contribution in [0.1, 0.15) is 49.3 Å². The van der Waals surface area contributed by atoms with Crippen LogP contribution in [-0.4, -0.2) is 9.97 Å². The molecule has 32 heavy (non-hydrogen) atoms. The maximum absolute atomic E-state index is 13.5. The molecule has 2 aromatic carbocycles. The van der Waals surface area contributed by atoms with E-state index < -0.39 is 11.7 Å². The molecule has 0 amide bonds. The molecule has 0 bridgehead atoms. The first-order chi connectivity index (χ1) is 15.4. The van der Waals surface area contributed by atoms with Gasteiger partial charge in [-0.05, 0) is 54.8 Å². The van der Waals surface area contributed by atoms with Gasteiger partial charge in [0, 0.05) is 17.6 Å². The number of benzene rings is 2. The largest absolute Gasteiger partial charge is 0.421 e. The van der Waals surface area contributed by atoms with Gasteiger partial charge >= 0.3 is 6.18 Å². The minimum absolute atomic E-state index is 0.0147. The molecule has 8 heteroatoms. The molecule has 0 aliphatic rings. The third-order valence-electron chi connectivity index (χ3n) is 4.87. The molecule has 166 valence electrons. The van der Waals surface area contributed by atoms with E-state index in [2.05, 4.69) is 27.5 Å². The molecule has 0 saturated carbocycles. The highest BCUT2D eigenvalue weighted by Crippen LogP contribution is 2.35. The number of rotatable bonds is 9. The third kappa shape index (κ3) is 6.45. The van der Waals surface area contributed by atoms with Crippen LogP contribution in [-0.2, 0) is 12.6 Å². The van der Waals surface area contributed by atoms with Crippen molar-refractivity contribution < 1.29 is 13.2 Å². The lowest BCUT2D eigenvalue weighted by Gasteiger charge is -2.15. The van der Waals surface area contributed by atoms with Crippen LogP contribution in [0.25, 0.3) is 0 Å². The van der Waals surface area contributed by atoms with Crippen molar-refractivity contribution in [3.8, 4) is 6.07 Å². The summed E-state index contributed by atoms with van der Waals surface area (Å²) in [6, 6.07) is 15.8. The number of aromatic nitrogens is 2. The van der Waals surface area contributed by atoms with Crippen molar-refractivity contribution in [2.24, 2.45) is 0 Å². The topological polar surface area (TPSA) is 73.6 Å². The summed E-state index contributed by atoms with van der Waals surface area (Å²) in [4.78, 5) is 7.88. The van der Waals surface area contributed by atoms with Crippen LogP contribution in [0.3, 0.4) is 0 Å². The van der Waals surface area contributed by atoms with Gasteiger partial charge in [-0.3, -0.25) is 0 Å². The summed E-state index contributed by atoms with van der Waals surface area (Å²) in [6.07, 6.45) is 1.51. The number of nitrogens with one attached hydrogen (secondary N) is 2. The van der Waals surface area contributed by atoms with E-state index >= 15 is 0 Å². The van der Waals surface area contributed by atoms with Gasteiger partial charge in [0.1, 0.15) is 11.4 Å². The van der Waals surface area contributed by atoms with Crippen molar-refractivity contribution >= 4 is 23.1 Å². The van der Waals surface area contributed by atoms with Crippen molar-refractivity contribution in [3.63, 3.8) is 0 Å². The fraction of sp³-hybridized carbons (Fsp3) is 0.292. The van der Waals surface area contributed by atoms with E-state index in [1.807, 2.05) is 24.3 Å². The highest BCUT2D eigenvalue weighted by atomic mass is 19.4. The number of unbranched alkanes of at least 4 members (excludes halogenated alkanes) is 3. The second-order valence-electron chi connectivity index (χ2n) is 7.40. The first kappa shape index (κ1) is 23.1. The number of alkyl halides is 3. The number of anilines is 4. The summed E-state index contributed by atoms with van der Waals surface area (Å²) in [5.74, 6) is -0.312. The Morgan fingerprint density at radius 2 is 1.75 bits per heavy atom. The highest BCUT2D eigenvalue weighted by molar-refractivity contribution is 5.63. The van der Waals surface area contributed by atoms with Crippen LogP contribution < -0.4 is 10.6 Å². The molecule has 2 N–H and O–H groups in total. The number of nitriles is 1. The number of hydrogen-bond donors (Lipinski definition) is 2. The van der Waals surface area contributed by atoms with Crippen LogP contribution in [0.5, 0.6) is 0 Å². The Labute approximate surface area is 185 Å². The number of nitrogens with zero attached hydrogens (tertiary/aromatic N) is 3. The van der Waals surface area contributed by atoms with Crippen LogP contribution in [0.2, 0.25) is 0 Å². The van der Waals surface area contributed by atoms with Crippen molar-refractivity contribution in [2.75, 3.05) is 10.6 Å². The fourth-order valence-electron chi connectivity index (χ4n) is 3.20. The van der Waals surface area contributed by atoms with E-state index in [1.54, 1.807) is 30.3 Å². The summed E-state index contributed by atoms with van der Waals surface area (Å²) in [5.41, 5.74) is 1.68. The van der Waals surface area contributed by atoms with Crippen molar-refractivity contribution in [3.05, 3.63) is 71.4 Å². The molecule has 0 radical (unpaired) electrons. The Morgan fingerprint density at radius 3 is 2.44 bits per heavy atom. The summed E-state index contributed by atoms with van der Waals surface area (Å²) < 4.78 is 40.6. The molecule has 0 spiro atoms. The summed E-state index contributed by atoms with van der Waals surface area (Å²) in [5, 5.41) is 14.6. The summed E-state index contributed by atoms with van der Waals surface area (Å²) in [7, 11) is 0. The van der Waals surface area contributed by atoms with Gasteiger partial charge in [0.2, 0.25) is 5.95 Å². The Kier molecular flexibility index (Phi) is 7.66. The quantitative estimate of drug-likeness (QED) is 0.352. The lowest BCUT2D eigenvalue weighted by molar-refractivity contribution is -0.137. The Hall–Kier alpha value is -3.60. The molecule has 1 heterocycles. The van der Waals surface area contributed by atoms with E-state index in [4.69, 9.17) is 5.26 Å². The standard InChI is InChI=1S/C24H24F3N5/c1-2-3-4-5-7-17-8-6-9-20(14-17)30-22-21(24(25,26)27)16-29-23(32-22)31-19-12-10-18(15-28)11-13-19/h6,8-14,16H,2-5,7H2,1H3,(H2,29,30,31,32). The molecule has 0 saturated heterocycles. The van der Waals surface area contributed by atoms with Gasteiger partial charge < -0.3 is 10.6 Å². The maximum atomic E-state index is 13.5. The Bertz CT molecular complexity index is 1070. The predicted octanol–water partition coefficient (Wildman–Crippen LogP) is 6.98. The van der Waals surface area contributed by atoms with Crippen LogP contribution in [0.15, 0.2) is 54.7 Å². The molecule has 0 aliphatic heterocycles. The summed E-state index contributed by atoms with van der Waals surface area (Å²) >= 11 is 0. The molecular formula is C24H24F3N5. The molecule has 0 atom stereocenters. The first-order valence-corrected chi connectivity index (χ1v) is 10.5. The second kappa shape index (κ2) is 10.6. The van der Waals surface area contributed by atoms with Crippen LogP contribution in [0, 0.1) is 11.3 Å². The molecule has 0 fully saturated rings. The minimum Gasteiger partial charge on any atom is -0.340 e. The van der Waals surface area contributed by atoms with Gasteiger partial charge in [-0.15, -0.1) is 0 Å². The van der Waals surface area contributed by atoms with E-state index in [-0.39, 0.29) is 11.8 Å². The Balaban J connectivity index is 1.82. The van der Waals surface area contributed by atoms with Gasteiger partial charge in [-0.1, -0.05) is 38.3 Å². The number of aryl methyl sites for hydroxylation is 1. The zero-order valence-corrected chi connectivity index (χ0v) is 17.7. The van der Waals surface area contributed by atoms with Gasteiger partial charge in [0.05, 0.1) is 11.6 Å². The molecular weight excluding hydrogens is 415 g/mol. The zero-order valence-electron chi connectivity index (χ0n) is 17.7. The molecule has 3 rings (SSSR count). The van der Waals surface area contributed by atoms with Gasteiger partial charge in [-0.2, -0.15) is 23.4 Å². The van der Waals surface area contributed by atoms with Crippen LogP contribution >= 0.6 is 0 Å². The minimum atomic E-state index is -4.60. The van der Waals surface area contributed by atoms with E-state index in [0.717, 1.165) is 37.4 Å². The molecule has 0 aliphatic carbocycles. The predicted molar refractivity (Wildman–Crippen MR) is 119 cm³/mol. The van der Waals surface area contributed by atoms with Gasteiger partial charge in [0.15, 0.2) is 0 Å². The Morgan fingerprint density at radius 1 is 0.969 bits per heavy atom. The SMILES string of the molecule is CCCCCCc1cccc(Nc2nc(Nc3ccc(C#N)cc3)ncc2C(F)(F)F)c1. The third-order valence-corrected chi connectivity index (χ3v) is 4.87. The fourth-order valence-corrected chi connectivity index (χ4v) is 3.20. The van der Waals surface area contributed by atoms with Crippen LogP contribution in [0.4, 0.5) is 36.3 Å². The smallest absolute Gasteiger partial charge is 0.340 e. The molecule has 0 unspecified atom stereocenters.